The number of carboxylic acids is 1. The number of hydrogen-bond donors (Lipinski definition) is 2. The Morgan fingerprint density at radius 2 is 2.11 bits per heavy atom. The van der Waals surface area contributed by atoms with Crippen LogP contribution in [0.1, 0.15) is 20.3 Å². The highest BCUT2D eigenvalue weighted by Gasteiger charge is 2.18. The summed E-state index contributed by atoms with van der Waals surface area (Å²) in [7, 11) is 0. The summed E-state index contributed by atoms with van der Waals surface area (Å²) in [5.74, 6) is -1.29. The molecule has 0 aliphatic rings. The summed E-state index contributed by atoms with van der Waals surface area (Å²) in [5, 5.41) is 17.0. The Bertz CT molecular complexity index is 100. The van der Waals surface area contributed by atoms with Gasteiger partial charge in [-0.05, 0) is 5.92 Å². The Kier molecular flexibility index (Phi) is 3.24. The molecule has 0 spiro atoms. The van der Waals surface area contributed by atoms with Crippen molar-refractivity contribution >= 4 is 5.97 Å². The normalized spacial score (nSPS) is 16.8. The predicted octanol–water partition coefficient (Wildman–Crippen LogP) is 0.478. The molecule has 0 bridgehead atoms. The van der Waals surface area contributed by atoms with Crippen LogP contribution in [0.4, 0.5) is 0 Å². The number of aliphatic hydroxyl groups is 1. The molecular formula is C6H12O3. The smallest absolute Gasteiger partial charge is 0.332 e. The van der Waals surface area contributed by atoms with Gasteiger partial charge in [-0.3, -0.25) is 0 Å². The van der Waals surface area contributed by atoms with Crippen LogP contribution in [0.2, 0.25) is 0 Å². The fourth-order valence-corrected chi connectivity index (χ4v) is 0.467. The molecule has 3 heteroatoms. The quantitative estimate of drug-likeness (QED) is 0.587. The van der Waals surface area contributed by atoms with E-state index in [1.165, 1.54) is 0 Å². The molecule has 0 aliphatic carbocycles. The number of aliphatic carboxylic acids is 1. The van der Waals surface area contributed by atoms with E-state index in [0.717, 1.165) is 0 Å². The van der Waals surface area contributed by atoms with Crippen LogP contribution in [-0.2, 0) is 4.79 Å². The summed E-state index contributed by atoms with van der Waals surface area (Å²) < 4.78 is 0. The van der Waals surface area contributed by atoms with Crippen molar-refractivity contribution in [3.8, 4) is 0 Å². The van der Waals surface area contributed by atoms with E-state index in [1.54, 1.807) is 6.92 Å². The van der Waals surface area contributed by atoms with Crippen molar-refractivity contribution in [2.24, 2.45) is 5.92 Å². The Hall–Kier alpha value is -0.570. The van der Waals surface area contributed by atoms with Crippen LogP contribution >= 0.6 is 0 Å². The predicted molar refractivity (Wildman–Crippen MR) is 33.1 cm³/mol. The molecular weight excluding hydrogens is 120 g/mol. The average molecular weight is 132 g/mol. The fraction of sp³-hybridized carbons (Fsp3) is 0.833. The summed E-state index contributed by atoms with van der Waals surface area (Å²) in [4.78, 5) is 10.0. The SMILES string of the molecule is CC[C@@H](C)[C@H](O)C(=O)O. The van der Waals surface area contributed by atoms with Crippen molar-refractivity contribution in [1.29, 1.82) is 0 Å². The molecule has 3 nitrogen and oxygen atoms in total. The molecule has 0 aromatic carbocycles. The van der Waals surface area contributed by atoms with E-state index in [-0.39, 0.29) is 5.92 Å². The van der Waals surface area contributed by atoms with Crippen molar-refractivity contribution in [3.05, 3.63) is 0 Å². The first kappa shape index (κ1) is 8.43. The van der Waals surface area contributed by atoms with E-state index in [0.29, 0.717) is 6.42 Å². The van der Waals surface area contributed by atoms with Gasteiger partial charge in [0.25, 0.3) is 0 Å². The second kappa shape index (κ2) is 3.45. The van der Waals surface area contributed by atoms with Crippen LogP contribution in [-0.4, -0.2) is 22.3 Å². The van der Waals surface area contributed by atoms with E-state index in [4.69, 9.17) is 10.2 Å². The fourth-order valence-electron chi connectivity index (χ4n) is 0.467. The second-order valence-electron chi connectivity index (χ2n) is 2.17. The van der Waals surface area contributed by atoms with Gasteiger partial charge in [-0.15, -0.1) is 0 Å². The zero-order chi connectivity index (χ0) is 7.44. The number of hydrogen-bond acceptors (Lipinski definition) is 2. The van der Waals surface area contributed by atoms with Crippen LogP contribution in [0.15, 0.2) is 0 Å². The molecule has 0 fully saturated rings. The van der Waals surface area contributed by atoms with Gasteiger partial charge in [0.1, 0.15) is 0 Å². The zero-order valence-corrected chi connectivity index (χ0v) is 5.66. The highest BCUT2D eigenvalue weighted by atomic mass is 16.4. The van der Waals surface area contributed by atoms with Crippen LogP contribution < -0.4 is 0 Å². The molecule has 0 heterocycles. The molecule has 2 atom stereocenters. The molecule has 0 amide bonds. The van der Waals surface area contributed by atoms with Gasteiger partial charge >= 0.3 is 5.97 Å². The third kappa shape index (κ3) is 2.46. The lowest BCUT2D eigenvalue weighted by atomic mass is 10.0. The van der Waals surface area contributed by atoms with Gasteiger partial charge in [0.15, 0.2) is 6.10 Å². The van der Waals surface area contributed by atoms with Gasteiger partial charge < -0.3 is 10.2 Å². The number of aliphatic hydroxyl groups excluding tert-OH is 1. The van der Waals surface area contributed by atoms with E-state index in [1.807, 2.05) is 6.92 Å². The molecule has 54 valence electrons. The summed E-state index contributed by atoms with van der Waals surface area (Å²) in [6, 6.07) is 0. The molecule has 2 N–H and O–H groups in total. The summed E-state index contributed by atoms with van der Waals surface area (Å²) >= 11 is 0. The zero-order valence-electron chi connectivity index (χ0n) is 5.66. The second-order valence-corrected chi connectivity index (χ2v) is 2.17. The van der Waals surface area contributed by atoms with Crippen molar-refractivity contribution in [1.82, 2.24) is 0 Å². The lowest BCUT2D eigenvalue weighted by Gasteiger charge is -2.10. The molecule has 0 unspecified atom stereocenters. The third-order valence-electron chi connectivity index (χ3n) is 1.44. The number of carboxylic acid groups (broad SMARTS) is 1. The minimum atomic E-state index is -1.20. The topological polar surface area (TPSA) is 57.5 Å². The van der Waals surface area contributed by atoms with Crippen LogP contribution in [0.25, 0.3) is 0 Å². The maximum atomic E-state index is 10.0. The van der Waals surface area contributed by atoms with E-state index in [2.05, 4.69) is 0 Å². The Balaban J connectivity index is 3.72. The van der Waals surface area contributed by atoms with Gasteiger partial charge in [-0.2, -0.15) is 0 Å². The lowest BCUT2D eigenvalue weighted by molar-refractivity contribution is -0.149. The van der Waals surface area contributed by atoms with Gasteiger partial charge in [0.2, 0.25) is 0 Å². The molecule has 0 rings (SSSR count). The summed E-state index contributed by atoms with van der Waals surface area (Å²) in [5.41, 5.74) is 0. The molecule has 0 aromatic heterocycles. The lowest BCUT2D eigenvalue weighted by Crippen LogP contribution is -2.26. The first-order valence-electron chi connectivity index (χ1n) is 3.00. The minimum Gasteiger partial charge on any atom is -0.479 e. The molecule has 9 heavy (non-hydrogen) atoms. The van der Waals surface area contributed by atoms with E-state index >= 15 is 0 Å². The standard InChI is InChI=1S/C6H12O3/c1-3-4(2)5(7)6(8)9/h4-5,7H,3H2,1-2H3,(H,8,9)/t4-,5+/m1/s1. The van der Waals surface area contributed by atoms with Crippen molar-refractivity contribution in [2.75, 3.05) is 0 Å². The summed E-state index contributed by atoms with van der Waals surface area (Å²) in [6.07, 6.45) is -0.511. The Labute approximate surface area is 54.3 Å². The van der Waals surface area contributed by atoms with Crippen molar-refractivity contribution in [2.45, 2.75) is 26.4 Å². The molecule has 0 saturated carbocycles. The Morgan fingerprint density at radius 3 is 2.22 bits per heavy atom. The monoisotopic (exact) mass is 132 g/mol. The number of carbonyl (C=O) groups is 1. The maximum Gasteiger partial charge on any atom is 0.332 e. The van der Waals surface area contributed by atoms with Gasteiger partial charge in [-0.1, -0.05) is 20.3 Å². The highest BCUT2D eigenvalue weighted by Crippen LogP contribution is 2.06. The minimum absolute atomic E-state index is 0.150. The molecule has 0 aromatic rings. The molecule has 0 saturated heterocycles. The van der Waals surface area contributed by atoms with E-state index in [9.17, 15) is 4.79 Å². The molecule has 0 radical (unpaired) electrons. The first-order chi connectivity index (χ1) is 4.09. The average Bonchev–Trinajstić information content (AvgIpc) is 1.84. The van der Waals surface area contributed by atoms with Crippen LogP contribution in [0, 0.1) is 5.92 Å². The van der Waals surface area contributed by atoms with Crippen LogP contribution in [0.3, 0.4) is 0 Å². The van der Waals surface area contributed by atoms with Gasteiger partial charge in [0.05, 0.1) is 0 Å². The third-order valence-corrected chi connectivity index (χ3v) is 1.44. The Morgan fingerprint density at radius 1 is 1.67 bits per heavy atom. The van der Waals surface area contributed by atoms with Crippen molar-refractivity contribution in [3.63, 3.8) is 0 Å². The number of rotatable bonds is 3. The molecule has 0 aliphatic heterocycles. The maximum absolute atomic E-state index is 10.0. The highest BCUT2D eigenvalue weighted by molar-refractivity contribution is 5.72. The van der Waals surface area contributed by atoms with Gasteiger partial charge in [-0.25, -0.2) is 4.79 Å². The largest absolute Gasteiger partial charge is 0.479 e. The summed E-state index contributed by atoms with van der Waals surface area (Å²) in [6.45, 7) is 3.55. The van der Waals surface area contributed by atoms with Gasteiger partial charge in [0, 0.05) is 0 Å². The van der Waals surface area contributed by atoms with E-state index < -0.39 is 12.1 Å². The first-order valence-corrected chi connectivity index (χ1v) is 3.00. The van der Waals surface area contributed by atoms with Crippen LogP contribution in [0.5, 0.6) is 0 Å². The van der Waals surface area contributed by atoms with Crippen molar-refractivity contribution < 1.29 is 15.0 Å².